The van der Waals surface area contributed by atoms with E-state index >= 15 is 0 Å². The van der Waals surface area contributed by atoms with Crippen molar-refractivity contribution in [3.8, 4) is 0 Å². The standard InChI is InChI=1S/C18H14Cl2N4O5/c1-18(10-2-4-11(19)5-3-10)16(26)23(17(27)22-18)9-15(25)21-14-7-6-12(24(28)29)8-13(14)20/h2-8H,9H2,1H3,(H,21,25)(H,22,27). The number of rotatable bonds is 5. The highest BCUT2D eigenvalue weighted by Gasteiger charge is 2.49. The summed E-state index contributed by atoms with van der Waals surface area (Å²) in [5.74, 6) is -1.29. The van der Waals surface area contributed by atoms with Gasteiger partial charge in [-0.1, -0.05) is 35.3 Å². The molecular weight excluding hydrogens is 423 g/mol. The van der Waals surface area contributed by atoms with Crippen LogP contribution in [0, 0.1) is 10.1 Å². The van der Waals surface area contributed by atoms with E-state index in [1.807, 2.05) is 0 Å². The van der Waals surface area contributed by atoms with Gasteiger partial charge in [0, 0.05) is 17.2 Å². The zero-order chi connectivity index (χ0) is 21.3. The molecular formula is C18H14Cl2N4O5. The third-order valence-electron chi connectivity index (χ3n) is 4.44. The van der Waals surface area contributed by atoms with Gasteiger partial charge in [0.15, 0.2) is 0 Å². The normalized spacial score (nSPS) is 18.5. The molecule has 2 aromatic carbocycles. The van der Waals surface area contributed by atoms with E-state index in [1.165, 1.54) is 19.1 Å². The van der Waals surface area contributed by atoms with E-state index in [9.17, 15) is 24.5 Å². The fourth-order valence-electron chi connectivity index (χ4n) is 2.87. The Hall–Kier alpha value is -3.17. The summed E-state index contributed by atoms with van der Waals surface area (Å²) in [6.07, 6.45) is 0. The number of hydrogen-bond donors (Lipinski definition) is 2. The maximum Gasteiger partial charge on any atom is 0.325 e. The van der Waals surface area contributed by atoms with E-state index in [-0.39, 0.29) is 16.4 Å². The average molecular weight is 437 g/mol. The van der Waals surface area contributed by atoms with Gasteiger partial charge in [-0.3, -0.25) is 24.6 Å². The molecule has 0 aromatic heterocycles. The second-order valence-corrected chi connectivity index (χ2v) is 7.27. The molecule has 1 aliphatic heterocycles. The topological polar surface area (TPSA) is 122 Å². The average Bonchev–Trinajstić information content (AvgIpc) is 2.87. The van der Waals surface area contributed by atoms with Gasteiger partial charge in [0.1, 0.15) is 12.1 Å². The molecule has 1 saturated heterocycles. The van der Waals surface area contributed by atoms with Crippen molar-refractivity contribution >= 4 is 52.4 Å². The van der Waals surface area contributed by atoms with Gasteiger partial charge in [0.2, 0.25) is 5.91 Å². The van der Waals surface area contributed by atoms with Crippen molar-refractivity contribution in [2.75, 3.05) is 11.9 Å². The van der Waals surface area contributed by atoms with Crippen LogP contribution in [0.4, 0.5) is 16.2 Å². The summed E-state index contributed by atoms with van der Waals surface area (Å²) in [5.41, 5.74) is -0.940. The maximum absolute atomic E-state index is 12.8. The van der Waals surface area contributed by atoms with Crippen molar-refractivity contribution in [2.45, 2.75) is 12.5 Å². The monoisotopic (exact) mass is 436 g/mol. The van der Waals surface area contributed by atoms with Gasteiger partial charge >= 0.3 is 6.03 Å². The molecule has 0 bridgehead atoms. The van der Waals surface area contributed by atoms with Crippen LogP contribution in [0.5, 0.6) is 0 Å². The van der Waals surface area contributed by atoms with E-state index < -0.39 is 34.9 Å². The largest absolute Gasteiger partial charge is 0.325 e. The van der Waals surface area contributed by atoms with Crippen LogP contribution in [0.3, 0.4) is 0 Å². The van der Waals surface area contributed by atoms with Crippen molar-refractivity contribution in [2.24, 2.45) is 0 Å². The Kier molecular flexibility index (Phi) is 5.45. The number of imide groups is 1. The lowest BCUT2D eigenvalue weighted by Crippen LogP contribution is -2.42. The molecule has 9 nitrogen and oxygen atoms in total. The van der Waals surface area contributed by atoms with Gasteiger partial charge in [-0.25, -0.2) is 4.79 Å². The van der Waals surface area contributed by atoms with Gasteiger partial charge in [0.05, 0.1) is 15.6 Å². The first-order valence-electron chi connectivity index (χ1n) is 8.26. The van der Waals surface area contributed by atoms with Gasteiger partial charge in [0.25, 0.3) is 11.6 Å². The summed E-state index contributed by atoms with van der Waals surface area (Å²) in [4.78, 5) is 48.4. The molecule has 0 aliphatic carbocycles. The van der Waals surface area contributed by atoms with Gasteiger partial charge in [-0.15, -0.1) is 0 Å². The number of urea groups is 1. The van der Waals surface area contributed by atoms with E-state index in [2.05, 4.69) is 10.6 Å². The van der Waals surface area contributed by atoms with Crippen molar-refractivity contribution in [1.82, 2.24) is 10.2 Å². The minimum Gasteiger partial charge on any atom is -0.323 e. The zero-order valence-electron chi connectivity index (χ0n) is 14.9. The molecule has 0 saturated carbocycles. The quantitative estimate of drug-likeness (QED) is 0.422. The molecule has 0 spiro atoms. The summed E-state index contributed by atoms with van der Waals surface area (Å²) in [6, 6.07) is 9.21. The van der Waals surface area contributed by atoms with Crippen LogP contribution in [-0.2, 0) is 15.1 Å². The minimum atomic E-state index is -1.34. The number of nitrogens with zero attached hydrogens (tertiary/aromatic N) is 2. The van der Waals surface area contributed by atoms with E-state index in [4.69, 9.17) is 23.2 Å². The van der Waals surface area contributed by atoms with Crippen LogP contribution in [0.25, 0.3) is 0 Å². The molecule has 4 amide bonds. The van der Waals surface area contributed by atoms with E-state index in [0.717, 1.165) is 11.0 Å². The highest BCUT2D eigenvalue weighted by Crippen LogP contribution is 2.30. The fourth-order valence-corrected chi connectivity index (χ4v) is 3.22. The Labute approximate surface area is 174 Å². The van der Waals surface area contributed by atoms with Crippen molar-refractivity contribution < 1.29 is 19.3 Å². The predicted molar refractivity (Wildman–Crippen MR) is 106 cm³/mol. The lowest BCUT2D eigenvalue weighted by atomic mass is 9.92. The van der Waals surface area contributed by atoms with E-state index in [1.54, 1.807) is 24.3 Å². The van der Waals surface area contributed by atoms with Crippen LogP contribution in [-0.4, -0.2) is 34.2 Å². The maximum atomic E-state index is 12.8. The van der Waals surface area contributed by atoms with Crippen LogP contribution >= 0.6 is 23.2 Å². The van der Waals surface area contributed by atoms with Crippen LogP contribution in [0.15, 0.2) is 42.5 Å². The number of nitro groups is 1. The van der Waals surface area contributed by atoms with Gasteiger partial charge in [-0.2, -0.15) is 0 Å². The van der Waals surface area contributed by atoms with Crippen LogP contribution in [0.2, 0.25) is 10.0 Å². The first-order chi connectivity index (χ1) is 13.6. The van der Waals surface area contributed by atoms with Crippen LogP contribution < -0.4 is 10.6 Å². The van der Waals surface area contributed by atoms with Crippen LogP contribution in [0.1, 0.15) is 12.5 Å². The summed E-state index contributed by atoms with van der Waals surface area (Å²) < 4.78 is 0. The van der Waals surface area contributed by atoms with Crippen molar-refractivity contribution in [3.63, 3.8) is 0 Å². The number of carbonyl (C=O) groups is 3. The number of nitrogens with one attached hydrogen (secondary N) is 2. The Bertz CT molecular complexity index is 1030. The summed E-state index contributed by atoms with van der Waals surface area (Å²) in [6.45, 7) is 0.975. The van der Waals surface area contributed by atoms with Gasteiger partial charge in [-0.05, 0) is 30.7 Å². The fraction of sp³-hybridized carbons (Fsp3) is 0.167. The van der Waals surface area contributed by atoms with E-state index in [0.29, 0.717) is 10.6 Å². The summed E-state index contributed by atoms with van der Waals surface area (Å²) in [7, 11) is 0. The molecule has 150 valence electrons. The molecule has 3 rings (SSSR count). The molecule has 1 fully saturated rings. The molecule has 1 aliphatic rings. The number of halogens is 2. The summed E-state index contributed by atoms with van der Waals surface area (Å²) >= 11 is 11.8. The molecule has 29 heavy (non-hydrogen) atoms. The summed E-state index contributed by atoms with van der Waals surface area (Å²) in [5, 5.41) is 16.2. The van der Waals surface area contributed by atoms with Crippen molar-refractivity contribution in [1.29, 1.82) is 0 Å². The first-order valence-corrected chi connectivity index (χ1v) is 9.01. The SMILES string of the molecule is CC1(c2ccc(Cl)cc2)NC(=O)N(CC(=O)Nc2ccc([N+](=O)[O-])cc2Cl)C1=O. The third kappa shape index (κ3) is 4.01. The number of benzene rings is 2. The molecule has 1 heterocycles. The number of non-ortho nitro benzene ring substituents is 1. The molecule has 1 atom stereocenters. The molecule has 2 N–H and O–H groups in total. The molecule has 11 heteroatoms. The highest BCUT2D eigenvalue weighted by atomic mass is 35.5. The number of anilines is 1. The van der Waals surface area contributed by atoms with Gasteiger partial charge < -0.3 is 10.6 Å². The number of hydrogen-bond acceptors (Lipinski definition) is 5. The van der Waals surface area contributed by atoms with Crippen molar-refractivity contribution in [3.05, 3.63) is 68.2 Å². The Morgan fingerprint density at radius 1 is 1.21 bits per heavy atom. The second-order valence-electron chi connectivity index (χ2n) is 6.42. The molecule has 2 aromatic rings. The second kappa shape index (κ2) is 7.69. The third-order valence-corrected chi connectivity index (χ3v) is 5.00. The Balaban J connectivity index is 1.74. The number of carbonyl (C=O) groups excluding carboxylic acids is 3. The zero-order valence-corrected chi connectivity index (χ0v) is 16.5. The number of amides is 4. The minimum absolute atomic E-state index is 0.0456. The number of nitro benzene ring substituents is 1. The Morgan fingerprint density at radius 2 is 1.86 bits per heavy atom. The lowest BCUT2D eigenvalue weighted by Gasteiger charge is -2.22. The first kappa shape index (κ1) is 20.6. The predicted octanol–water partition coefficient (Wildman–Crippen LogP) is 3.31. The smallest absolute Gasteiger partial charge is 0.323 e. The lowest BCUT2D eigenvalue weighted by molar-refractivity contribution is -0.384. The molecule has 0 radical (unpaired) electrons. The molecule has 1 unspecified atom stereocenters. The highest BCUT2D eigenvalue weighted by molar-refractivity contribution is 6.34. The Morgan fingerprint density at radius 3 is 2.45 bits per heavy atom.